The number of aldehydes is 1. The Hall–Kier alpha value is -3.03. The van der Waals surface area contributed by atoms with Gasteiger partial charge in [-0.1, -0.05) is 12.6 Å². The average molecular weight is 318 g/mol. The van der Waals surface area contributed by atoms with Crippen LogP contribution in [0.2, 0.25) is 0 Å². The van der Waals surface area contributed by atoms with Gasteiger partial charge in [-0.25, -0.2) is 15.0 Å². The van der Waals surface area contributed by atoms with Gasteiger partial charge >= 0.3 is 6.18 Å². The molecular formula is C15H9F3N4O. The van der Waals surface area contributed by atoms with E-state index in [2.05, 4.69) is 21.6 Å². The monoisotopic (exact) mass is 318 g/mol. The second kappa shape index (κ2) is 5.31. The summed E-state index contributed by atoms with van der Waals surface area (Å²) in [4.78, 5) is 19.0. The van der Waals surface area contributed by atoms with Crippen molar-refractivity contribution in [2.45, 2.75) is 6.18 Å². The zero-order chi connectivity index (χ0) is 16.6. The van der Waals surface area contributed by atoms with Crippen LogP contribution in [0.25, 0.3) is 5.57 Å². The van der Waals surface area contributed by atoms with Gasteiger partial charge in [-0.3, -0.25) is 4.79 Å². The van der Waals surface area contributed by atoms with Crippen molar-refractivity contribution >= 4 is 28.9 Å². The van der Waals surface area contributed by atoms with Crippen LogP contribution in [0.5, 0.6) is 0 Å². The van der Waals surface area contributed by atoms with Crippen LogP contribution in [0.4, 0.5) is 24.5 Å². The quantitative estimate of drug-likeness (QED) is 0.798. The number of nitrogens with zero attached hydrogens (tertiary/aromatic N) is 4. The maximum absolute atomic E-state index is 12.9. The molecule has 1 aromatic heterocycles. The minimum absolute atomic E-state index is 0.00592. The predicted octanol–water partition coefficient (Wildman–Crippen LogP) is 3.22. The molecule has 0 N–H and O–H groups in total. The number of alkyl halides is 3. The highest BCUT2D eigenvalue weighted by Gasteiger charge is 2.32. The van der Waals surface area contributed by atoms with Gasteiger partial charge in [0, 0.05) is 5.57 Å². The molecule has 0 radical (unpaired) electrons. The number of benzene rings is 1. The van der Waals surface area contributed by atoms with Crippen molar-refractivity contribution in [1.29, 1.82) is 0 Å². The molecule has 8 heteroatoms. The Morgan fingerprint density at radius 1 is 1.26 bits per heavy atom. The third-order valence-electron chi connectivity index (χ3n) is 3.25. The first-order valence-corrected chi connectivity index (χ1v) is 6.42. The van der Waals surface area contributed by atoms with Crippen LogP contribution < -0.4 is 5.01 Å². The number of carbonyl (C=O) groups excluding carboxylic acids is 1. The van der Waals surface area contributed by atoms with Crippen LogP contribution in [0.15, 0.2) is 48.5 Å². The Morgan fingerprint density at radius 2 is 2.04 bits per heavy atom. The lowest BCUT2D eigenvalue weighted by Crippen LogP contribution is -2.23. The van der Waals surface area contributed by atoms with Crippen molar-refractivity contribution in [1.82, 2.24) is 9.97 Å². The standard InChI is InChI=1S/C15H9F3N4O/c1-9-12(7-23)21-22(13-6-19-8-20-14(9)13)11-4-2-3-10(5-11)15(16,17)18/h2-8H,1H2. The molecule has 0 saturated heterocycles. The highest BCUT2D eigenvalue weighted by molar-refractivity contribution is 6.49. The fraction of sp³-hybridized carbons (Fsp3) is 0.0667. The van der Waals surface area contributed by atoms with Gasteiger partial charge in [0.05, 0.1) is 17.4 Å². The van der Waals surface area contributed by atoms with E-state index in [0.717, 1.165) is 12.1 Å². The van der Waals surface area contributed by atoms with Gasteiger partial charge in [0.25, 0.3) is 0 Å². The van der Waals surface area contributed by atoms with Crippen LogP contribution >= 0.6 is 0 Å². The van der Waals surface area contributed by atoms with Gasteiger partial charge in [-0.05, 0) is 18.2 Å². The second-order valence-electron chi connectivity index (χ2n) is 4.70. The van der Waals surface area contributed by atoms with Gasteiger partial charge in [-0.15, -0.1) is 0 Å². The molecule has 3 rings (SSSR count). The van der Waals surface area contributed by atoms with Gasteiger partial charge in [0.1, 0.15) is 23.4 Å². The molecular weight excluding hydrogens is 309 g/mol. The first-order valence-electron chi connectivity index (χ1n) is 6.42. The molecule has 2 heterocycles. The third kappa shape index (κ3) is 2.59. The molecule has 0 bridgehead atoms. The zero-order valence-electron chi connectivity index (χ0n) is 11.6. The highest BCUT2D eigenvalue weighted by Crippen LogP contribution is 2.37. The number of aromatic nitrogens is 2. The molecule has 0 atom stereocenters. The minimum atomic E-state index is -4.48. The van der Waals surface area contributed by atoms with E-state index < -0.39 is 11.7 Å². The summed E-state index contributed by atoms with van der Waals surface area (Å²) in [5.74, 6) is 0. The Labute approximate surface area is 128 Å². The predicted molar refractivity (Wildman–Crippen MR) is 78.1 cm³/mol. The largest absolute Gasteiger partial charge is 0.416 e. The summed E-state index contributed by atoms with van der Waals surface area (Å²) < 4.78 is 38.7. The minimum Gasteiger partial charge on any atom is -0.296 e. The summed E-state index contributed by atoms with van der Waals surface area (Å²) in [6.07, 6.45) is -1.34. The molecule has 5 nitrogen and oxygen atoms in total. The van der Waals surface area contributed by atoms with E-state index in [-0.39, 0.29) is 11.4 Å². The Balaban J connectivity index is 2.17. The highest BCUT2D eigenvalue weighted by atomic mass is 19.4. The van der Waals surface area contributed by atoms with E-state index >= 15 is 0 Å². The van der Waals surface area contributed by atoms with E-state index in [4.69, 9.17) is 0 Å². The van der Waals surface area contributed by atoms with Gasteiger partial charge in [0.15, 0.2) is 6.29 Å². The fourth-order valence-corrected chi connectivity index (χ4v) is 2.16. The lowest BCUT2D eigenvalue weighted by atomic mass is 10.1. The van der Waals surface area contributed by atoms with Crippen LogP contribution in [-0.2, 0) is 11.0 Å². The van der Waals surface area contributed by atoms with Crippen molar-refractivity contribution in [2.75, 3.05) is 5.01 Å². The van der Waals surface area contributed by atoms with Crippen LogP contribution in [0, 0.1) is 0 Å². The maximum Gasteiger partial charge on any atom is 0.416 e. The summed E-state index contributed by atoms with van der Waals surface area (Å²) in [6, 6.07) is 4.61. The molecule has 0 unspecified atom stereocenters. The lowest BCUT2D eigenvalue weighted by Gasteiger charge is -2.26. The summed E-state index contributed by atoms with van der Waals surface area (Å²) in [6.45, 7) is 3.73. The first kappa shape index (κ1) is 14.9. The summed E-state index contributed by atoms with van der Waals surface area (Å²) in [5, 5.41) is 5.25. The topological polar surface area (TPSA) is 58.5 Å². The van der Waals surface area contributed by atoms with Gasteiger partial charge in [0.2, 0.25) is 0 Å². The first-order chi connectivity index (χ1) is 10.9. The second-order valence-corrected chi connectivity index (χ2v) is 4.70. The SMILES string of the molecule is C=C1C(C=O)=NN(c2cccc(C(F)(F)F)c2)c2cncnc21. The Morgan fingerprint density at radius 3 is 2.74 bits per heavy atom. The number of hydrogen-bond donors (Lipinski definition) is 0. The van der Waals surface area contributed by atoms with Crippen molar-refractivity contribution in [3.05, 3.63) is 54.6 Å². The maximum atomic E-state index is 12.9. The number of hydrazone groups is 1. The van der Waals surface area contributed by atoms with Crippen LogP contribution in [0.1, 0.15) is 11.3 Å². The molecule has 2 aromatic rings. The number of fused-ring (bicyclic) bond motifs is 1. The van der Waals surface area contributed by atoms with Crippen molar-refractivity contribution in [2.24, 2.45) is 5.10 Å². The Kier molecular flexibility index (Phi) is 3.44. The Bertz CT molecular complexity index is 829. The molecule has 0 saturated carbocycles. The number of rotatable bonds is 2. The van der Waals surface area contributed by atoms with Crippen molar-refractivity contribution < 1.29 is 18.0 Å². The smallest absolute Gasteiger partial charge is 0.296 e. The summed E-state index contributed by atoms with van der Waals surface area (Å²) in [7, 11) is 0. The molecule has 0 aliphatic carbocycles. The van der Waals surface area contributed by atoms with Crippen LogP contribution in [-0.4, -0.2) is 22.0 Å². The lowest BCUT2D eigenvalue weighted by molar-refractivity contribution is -0.137. The fourth-order valence-electron chi connectivity index (χ4n) is 2.16. The number of halogens is 3. The number of allylic oxidation sites excluding steroid dienone is 1. The number of anilines is 2. The molecule has 23 heavy (non-hydrogen) atoms. The third-order valence-corrected chi connectivity index (χ3v) is 3.25. The average Bonchev–Trinajstić information content (AvgIpc) is 2.55. The summed E-state index contributed by atoms with van der Waals surface area (Å²) >= 11 is 0. The normalized spacial score (nSPS) is 14.3. The summed E-state index contributed by atoms with van der Waals surface area (Å²) in [5.41, 5.74) is 0.301. The molecule has 1 aliphatic rings. The molecule has 0 fully saturated rings. The molecule has 1 aliphatic heterocycles. The molecule has 1 aromatic carbocycles. The van der Waals surface area contributed by atoms with E-state index in [0.29, 0.717) is 23.2 Å². The van der Waals surface area contributed by atoms with E-state index in [1.165, 1.54) is 29.7 Å². The van der Waals surface area contributed by atoms with E-state index in [1.54, 1.807) is 0 Å². The molecule has 116 valence electrons. The van der Waals surface area contributed by atoms with Gasteiger partial charge in [-0.2, -0.15) is 18.3 Å². The van der Waals surface area contributed by atoms with E-state index in [1.807, 2.05) is 0 Å². The number of carbonyl (C=O) groups is 1. The molecule has 0 spiro atoms. The number of hydrogen-bond acceptors (Lipinski definition) is 5. The van der Waals surface area contributed by atoms with Crippen LogP contribution in [0.3, 0.4) is 0 Å². The molecule has 0 amide bonds. The van der Waals surface area contributed by atoms with Gasteiger partial charge < -0.3 is 0 Å². The zero-order valence-corrected chi connectivity index (χ0v) is 11.6. The van der Waals surface area contributed by atoms with Crippen molar-refractivity contribution in [3.63, 3.8) is 0 Å². The van der Waals surface area contributed by atoms with E-state index in [9.17, 15) is 18.0 Å². The van der Waals surface area contributed by atoms with Crippen molar-refractivity contribution in [3.8, 4) is 0 Å².